The number of thiazole rings is 1. The molecule has 0 bridgehead atoms. The van der Waals surface area contributed by atoms with E-state index >= 15 is 0 Å². The molecule has 1 heterocycles. The molecule has 124 valence electrons. The van der Waals surface area contributed by atoms with Crippen LogP contribution < -0.4 is 4.80 Å². The van der Waals surface area contributed by atoms with Crippen molar-refractivity contribution in [3.05, 3.63) is 45.7 Å². The summed E-state index contributed by atoms with van der Waals surface area (Å²) in [5.74, 6) is -1.18. The molecule has 0 saturated heterocycles. The van der Waals surface area contributed by atoms with Gasteiger partial charge < -0.3 is 4.57 Å². The quantitative estimate of drug-likeness (QED) is 0.674. The first-order valence-corrected chi connectivity index (χ1v) is 9.19. The van der Waals surface area contributed by atoms with Gasteiger partial charge in [0.15, 0.2) is 10.6 Å². The highest BCUT2D eigenvalue weighted by molar-refractivity contribution is 7.07. The molecule has 1 saturated carbocycles. The number of rotatable bonds is 2. The molecule has 2 aromatic rings. The molecular formula is C18H22F2N2S. The third-order valence-electron chi connectivity index (χ3n) is 4.49. The van der Waals surface area contributed by atoms with Gasteiger partial charge in [-0.3, -0.25) is 0 Å². The van der Waals surface area contributed by atoms with E-state index in [0.717, 1.165) is 23.7 Å². The lowest BCUT2D eigenvalue weighted by Crippen LogP contribution is -2.23. The molecule has 0 aliphatic heterocycles. The molecule has 0 N–H and O–H groups in total. The van der Waals surface area contributed by atoms with Gasteiger partial charge in [-0.1, -0.05) is 32.1 Å². The van der Waals surface area contributed by atoms with Crippen LogP contribution in [0.4, 0.5) is 14.5 Å². The molecule has 2 nitrogen and oxygen atoms in total. The van der Waals surface area contributed by atoms with Crippen LogP contribution in [0.25, 0.3) is 0 Å². The standard InChI is InChI=1S/C18H22F2N2S/c1-13-12-23-18(21-17-10-9-14(19)11-16(17)20)22(13)15-7-5-3-2-4-6-8-15/h9-12,15H,2-8H2,1H3. The predicted octanol–water partition coefficient (Wildman–Crippen LogP) is 5.65. The summed E-state index contributed by atoms with van der Waals surface area (Å²) in [6, 6.07) is 3.98. The van der Waals surface area contributed by atoms with E-state index < -0.39 is 11.6 Å². The monoisotopic (exact) mass is 336 g/mol. The van der Waals surface area contributed by atoms with Crippen molar-refractivity contribution < 1.29 is 8.78 Å². The van der Waals surface area contributed by atoms with Crippen molar-refractivity contribution in [3.63, 3.8) is 0 Å². The minimum absolute atomic E-state index is 0.202. The summed E-state index contributed by atoms with van der Waals surface area (Å²) in [6.07, 6.45) is 8.68. The van der Waals surface area contributed by atoms with Gasteiger partial charge in [0.05, 0.1) is 0 Å². The van der Waals surface area contributed by atoms with Crippen LogP contribution >= 0.6 is 11.3 Å². The second-order valence-electron chi connectivity index (χ2n) is 6.24. The van der Waals surface area contributed by atoms with Gasteiger partial charge in [-0.15, -0.1) is 11.3 Å². The third-order valence-corrected chi connectivity index (χ3v) is 5.44. The maximum atomic E-state index is 13.9. The van der Waals surface area contributed by atoms with Crippen molar-refractivity contribution in [2.75, 3.05) is 0 Å². The number of nitrogens with zero attached hydrogens (tertiary/aromatic N) is 2. The normalized spacial score (nSPS) is 18.0. The predicted molar refractivity (Wildman–Crippen MR) is 90.0 cm³/mol. The molecule has 0 unspecified atom stereocenters. The van der Waals surface area contributed by atoms with Crippen LogP contribution in [-0.4, -0.2) is 4.57 Å². The van der Waals surface area contributed by atoms with E-state index in [1.54, 1.807) is 0 Å². The first-order chi connectivity index (χ1) is 11.1. The van der Waals surface area contributed by atoms with Crippen LogP contribution in [0, 0.1) is 18.6 Å². The molecule has 1 aromatic carbocycles. The van der Waals surface area contributed by atoms with Crippen LogP contribution in [0.3, 0.4) is 0 Å². The molecule has 23 heavy (non-hydrogen) atoms. The van der Waals surface area contributed by atoms with Gasteiger partial charge in [-0.05, 0) is 31.9 Å². The van der Waals surface area contributed by atoms with Gasteiger partial charge >= 0.3 is 0 Å². The molecular weight excluding hydrogens is 314 g/mol. The van der Waals surface area contributed by atoms with Crippen molar-refractivity contribution in [1.82, 2.24) is 4.57 Å². The highest BCUT2D eigenvalue weighted by atomic mass is 32.1. The van der Waals surface area contributed by atoms with E-state index in [1.165, 1.54) is 61.3 Å². The lowest BCUT2D eigenvalue weighted by atomic mass is 9.96. The van der Waals surface area contributed by atoms with Crippen LogP contribution in [0.5, 0.6) is 0 Å². The van der Waals surface area contributed by atoms with E-state index in [9.17, 15) is 8.78 Å². The van der Waals surface area contributed by atoms with Crippen LogP contribution in [-0.2, 0) is 0 Å². The molecule has 1 aliphatic carbocycles. The summed E-state index contributed by atoms with van der Waals surface area (Å²) in [6.45, 7) is 2.08. The number of halogens is 2. The molecule has 1 fully saturated rings. The van der Waals surface area contributed by atoms with Crippen molar-refractivity contribution >= 4 is 17.0 Å². The van der Waals surface area contributed by atoms with E-state index in [-0.39, 0.29) is 5.69 Å². The average Bonchev–Trinajstić information content (AvgIpc) is 2.83. The van der Waals surface area contributed by atoms with Gasteiger partial charge in [-0.25, -0.2) is 13.8 Å². The number of aromatic nitrogens is 1. The maximum Gasteiger partial charge on any atom is 0.190 e. The van der Waals surface area contributed by atoms with Gasteiger partial charge in [-0.2, -0.15) is 0 Å². The van der Waals surface area contributed by atoms with E-state index in [4.69, 9.17) is 0 Å². The largest absolute Gasteiger partial charge is 0.318 e. The van der Waals surface area contributed by atoms with Gasteiger partial charge in [0, 0.05) is 23.2 Å². The average molecular weight is 336 g/mol. The molecule has 1 aromatic heterocycles. The minimum Gasteiger partial charge on any atom is -0.318 e. The van der Waals surface area contributed by atoms with Crippen LogP contribution in [0.1, 0.15) is 56.7 Å². The first-order valence-electron chi connectivity index (χ1n) is 8.31. The number of hydrogen-bond acceptors (Lipinski definition) is 2. The van der Waals surface area contributed by atoms with Crippen molar-refractivity contribution in [2.45, 2.75) is 57.9 Å². The molecule has 0 radical (unpaired) electrons. The third kappa shape index (κ3) is 3.89. The van der Waals surface area contributed by atoms with Crippen molar-refractivity contribution in [1.29, 1.82) is 0 Å². The molecule has 0 atom stereocenters. The number of hydrogen-bond donors (Lipinski definition) is 0. The Kier molecular flexibility index (Phi) is 5.26. The Morgan fingerprint density at radius 3 is 2.48 bits per heavy atom. The minimum atomic E-state index is -0.611. The zero-order chi connectivity index (χ0) is 16.2. The maximum absolute atomic E-state index is 13.9. The lowest BCUT2D eigenvalue weighted by molar-refractivity contribution is 0.362. The second-order valence-corrected chi connectivity index (χ2v) is 7.07. The Morgan fingerprint density at radius 1 is 1.09 bits per heavy atom. The zero-order valence-corrected chi connectivity index (χ0v) is 14.2. The summed E-state index contributed by atoms with van der Waals surface area (Å²) in [5, 5.41) is 2.07. The Bertz CT molecular complexity index is 725. The fourth-order valence-electron chi connectivity index (χ4n) is 3.29. The van der Waals surface area contributed by atoms with Crippen LogP contribution in [0.15, 0.2) is 28.6 Å². The van der Waals surface area contributed by atoms with Gasteiger partial charge in [0.1, 0.15) is 11.5 Å². The molecule has 1 aliphatic rings. The highest BCUT2D eigenvalue weighted by Gasteiger charge is 2.16. The van der Waals surface area contributed by atoms with Crippen molar-refractivity contribution in [2.24, 2.45) is 4.99 Å². The van der Waals surface area contributed by atoms with E-state index in [2.05, 4.69) is 21.9 Å². The van der Waals surface area contributed by atoms with Gasteiger partial charge in [0.2, 0.25) is 0 Å². The topological polar surface area (TPSA) is 17.3 Å². The number of benzene rings is 1. The zero-order valence-electron chi connectivity index (χ0n) is 13.4. The lowest BCUT2D eigenvalue weighted by Gasteiger charge is -2.22. The van der Waals surface area contributed by atoms with E-state index in [1.807, 2.05) is 0 Å². The Hall–Kier alpha value is -1.49. The summed E-state index contributed by atoms with van der Waals surface area (Å²) in [4.78, 5) is 5.28. The van der Waals surface area contributed by atoms with E-state index in [0.29, 0.717) is 6.04 Å². The Labute approximate surface area is 139 Å². The molecule has 3 rings (SSSR count). The molecule has 0 amide bonds. The second kappa shape index (κ2) is 7.39. The van der Waals surface area contributed by atoms with Crippen molar-refractivity contribution in [3.8, 4) is 0 Å². The summed E-state index contributed by atoms with van der Waals surface area (Å²) < 4.78 is 29.2. The Morgan fingerprint density at radius 2 is 1.78 bits per heavy atom. The molecule has 5 heteroatoms. The smallest absolute Gasteiger partial charge is 0.190 e. The first kappa shape index (κ1) is 16.4. The SMILES string of the molecule is Cc1csc(=Nc2ccc(F)cc2F)n1C1CCCCCCC1. The fourth-order valence-corrected chi connectivity index (χ4v) is 4.24. The van der Waals surface area contributed by atoms with Gasteiger partial charge in [0.25, 0.3) is 0 Å². The highest BCUT2D eigenvalue weighted by Crippen LogP contribution is 2.27. The van der Waals surface area contributed by atoms with Crippen LogP contribution in [0.2, 0.25) is 0 Å². The summed E-state index contributed by atoms with van der Waals surface area (Å²) in [7, 11) is 0. The number of aryl methyl sites for hydroxylation is 1. The summed E-state index contributed by atoms with van der Waals surface area (Å²) >= 11 is 1.53. The Balaban J connectivity index is 1.98. The molecule has 0 spiro atoms. The fraction of sp³-hybridized carbons (Fsp3) is 0.500. The summed E-state index contributed by atoms with van der Waals surface area (Å²) in [5.41, 5.74) is 1.37.